The second-order valence-electron chi connectivity index (χ2n) is 7.50. The Morgan fingerprint density at radius 2 is 1.80 bits per heavy atom. The SMILES string of the molecule is CCOc1ccc(OC(C)C(=O)N2CCC(c3nn(C)c4nccnc34)CC2)cc1. The van der Waals surface area contributed by atoms with Gasteiger partial charge in [-0.25, -0.2) is 14.6 Å². The Morgan fingerprint density at radius 3 is 2.50 bits per heavy atom. The van der Waals surface area contributed by atoms with Gasteiger partial charge in [-0.2, -0.15) is 5.10 Å². The van der Waals surface area contributed by atoms with Gasteiger partial charge in [-0.15, -0.1) is 0 Å². The van der Waals surface area contributed by atoms with Crippen molar-refractivity contribution in [2.75, 3.05) is 19.7 Å². The van der Waals surface area contributed by atoms with Gasteiger partial charge in [-0.1, -0.05) is 0 Å². The summed E-state index contributed by atoms with van der Waals surface area (Å²) in [5.41, 5.74) is 2.63. The summed E-state index contributed by atoms with van der Waals surface area (Å²) in [6.07, 6.45) is 4.54. The summed E-state index contributed by atoms with van der Waals surface area (Å²) in [6.45, 7) is 5.72. The van der Waals surface area contributed by atoms with Crippen molar-refractivity contribution < 1.29 is 14.3 Å². The third kappa shape index (κ3) is 4.08. The maximum absolute atomic E-state index is 12.9. The Bertz CT molecular complexity index is 1010. The molecule has 8 heteroatoms. The molecule has 0 N–H and O–H groups in total. The van der Waals surface area contributed by atoms with Crippen molar-refractivity contribution in [3.63, 3.8) is 0 Å². The molecule has 1 aliphatic heterocycles. The van der Waals surface area contributed by atoms with Crippen molar-refractivity contribution in [3.05, 3.63) is 42.4 Å². The normalized spacial score (nSPS) is 15.9. The Labute approximate surface area is 175 Å². The van der Waals surface area contributed by atoms with Crippen LogP contribution in [0.1, 0.15) is 38.3 Å². The summed E-state index contributed by atoms with van der Waals surface area (Å²) in [7, 11) is 1.89. The quantitative estimate of drug-likeness (QED) is 0.623. The molecule has 0 radical (unpaired) electrons. The van der Waals surface area contributed by atoms with E-state index in [1.165, 1.54) is 0 Å². The van der Waals surface area contributed by atoms with E-state index in [2.05, 4.69) is 15.1 Å². The number of nitrogens with zero attached hydrogens (tertiary/aromatic N) is 5. The van der Waals surface area contributed by atoms with Crippen molar-refractivity contribution >= 4 is 17.1 Å². The summed E-state index contributed by atoms with van der Waals surface area (Å²) in [6, 6.07) is 7.35. The number of likely N-dealkylation sites (tertiary alicyclic amines) is 1. The van der Waals surface area contributed by atoms with Gasteiger partial charge in [0.25, 0.3) is 5.91 Å². The summed E-state index contributed by atoms with van der Waals surface area (Å²) in [5, 5.41) is 4.65. The van der Waals surface area contributed by atoms with E-state index >= 15 is 0 Å². The number of piperidine rings is 1. The van der Waals surface area contributed by atoms with Crippen LogP contribution in [0.2, 0.25) is 0 Å². The van der Waals surface area contributed by atoms with E-state index in [0.29, 0.717) is 25.4 Å². The maximum atomic E-state index is 12.9. The molecule has 3 heterocycles. The van der Waals surface area contributed by atoms with Crippen LogP contribution in [0.4, 0.5) is 0 Å². The molecule has 1 fully saturated rings. The molecule has 1 aliphatic rings. The minimum Gasteiger partial charge on any atom is -0.494 e. The molecule has 158 valence electrons. The van der Waals surface area contributed by atoms with Gasteiger partial charge in [0.15, 0.2) is 11.8 Å². The van der Waals surface area contributed by atoms with Gasteiger partial charge in [0.1, 0.15) is 17.0 Å². The summed E-state index contributed by atoms with van der Waals surface area (Å²) in [5.74, 6) is 1.73. The number of carbonyl (C=O) groups is 1. The van der Waals surface area contributed by atoms with Crippen LogP contribution in [0.5, 0.6) is 11.5 Å². The van der Waals surface area contributed by atoms with Gasteiger partial charge >= 0.3 is 0 Å². The number of ether oxygens (including phenoxy) is 2. The zero-order valence-corrected chi connectivity index (χ0v) is 17.6. The van der Waals surface area contributed by atoms with Crippen LogP contribution in [0, 0.1) is 0 Å². The highest BCUT2D eigenvalue weighted by Gasteiger charge is 2.30. The number of hydrogen-bond donors (Lipinski definition) is 0. The summed E-state index contributed by atoms with van der Waals surface area (Å²) in [4.78, 5) is 23.6. The lowest BCUT2D eigenvalue weighted by molar-refractivity contribution is -0.139. The van der Waals surface area contributed by atoms with Gasteiger partial charge in [-0.05, 0) is 51.0 Å². The van der Waals surface area contributed by atoms with E-state index in [1.54, 1.807) is 24.0 Å². The highest BCUT2D eigenvalue weighted by molar-refractivity contribution is 5.81. The average molecular weight is 409 g/mol. The maximum Gasteiger partial charge on any atom is 0.263 e. The molecule has 1 saturated heterocycles. The van der Waals surface area contributed by atoms with Crippen LogP contribution in [-0.2, 0) is 11.8 Å². The van der Waals surface area contributed by atoms with Crippen LogP contribution in [0.3, 0.4) is 0 Å². The van der Waals surface area contributed by atoms with Crippen molar-refractivity contribution in [2.45, 2.75) is 38.7 Å². The Hall–Kier alpha value is -3.16. The van der Waals surface area contributed by atoms with Crippen molar-refractivity contribution in [1.29, 1.82) is 0 Å². The van der Waals surface area contributed by atoms with E-state index in [-0.39, 0.29) is 11.8 Å². The number of amides is 1. The topological polar surface area (TPSA) is 82.4 Å². The molecular weight excluding hydrogens is 382 g/mol. The predicted octanol–water partition coefficient (Wildman–Crippen LogP) is 2.94. The second kappa shape index (κ2) is 8.69. The first-order valence-electron chi connectivity index (χ1n) is 10.4. The molecule has 8 nitrogen and oxygen atoms in total. The van der Waals surface area contributed by atoms with Crippen LogP contribution < -0.4 is 9.47 Å². The largest absolute Gasteiger partial charge is 0.494 e. The van der Waals surface area contributed by atoms with Crippen LogP contribution >= 0.6 is 0 Å². The first-order valence-corrected chi connectivity index (χ1v) is 10.4. The highest BCUT2D eigenvalue weighted by Crippen LogP contribution is 2.31. The molecule has 1 atom stereocenters. The fourth-order valence-corrected chi connectivity index (χ4v) is 3.95. The average Bonchev–Trinajstić information content (AvgIpc) is 3.12. The number of aromatic nitrogens is 4. The lowest BCUT2D eigenvalue weighted by Crippen LogP contribution is -2.44. The fourth-order valence-electron chi connectivity index (χ4n) is 3.95. The first-order chi connectivity index (χ1) is 14.6. The molecule has 4 rings (SSSR count). The lowest BCUT2D eigenvalue weighted by atomic mass is 9.93. The molecule has 0 spiro atoms. The fraction of sp³-hybridized carbons (Fsp3) is 0.455. The van der Waals surface area contributed by atoms with Gasteiger partial charge in [0.2, 0.25) is 0 Å². The minimum absolute atomic E-state index is 0.00741. The molecule has 0 saturated carbocycles. The minimum atomic E-state index is -0.541. The third-order valence-corrected chi connectivity index (χ3v) is 5.47. The standard InChI is InChI=1S/C22H27N5O3/c1-4-29-17-5-7-18(8-6-17)30-15(2)22(28)27-13-9-16(10-14-27)19-20-21(26(3)25-19)24-12-11-23-20/h5-8,11-12,15-16H,4,9-10,13-14H2,1-3H3. The number of hydrogen-bond acceptors (Lipinski definition) is 6. The Kier molecular flexibility index (Phi) is 5.83. The van der Waals surface area contributed by atoms with Gasteiger partial charge in [0, 0.05) is 38.4 Å². The van der Waals surface area contributed by atoms with Crippen LogP contribution in [0.15, 0.2) is 36.7 Å². The summed E-state index contributed by atoms with van der Waals surface area (Å²) >= 11 is 0. The number of benzene rings is 1. The number of rotatable bonds is 6. The second-order valence-corrected chi connectivity index (χ2v) is 7.50. The van der Waals surface area contributed by atoms with Crippen LogP contribution in [-0.4, -0.2) is 56.4 Å². The van der Waals surface area contributed by atoms with Crippen molar-refractivity contribution in [2.24, 2.45) is 7.05 Å². The van der Waals surface area contributed by atoms with Gasteiger partial charge in [-0.3, -0.25) is 4.79 Å². The van der Waals surface area contributed by atoms with E-state index in [0.717, 1.165) is 35.4 Å². The third-order valence-electron chi connectivity index (χ3n) is 5.47. The van der Waals surface area contributed by atoms with Crippen LogP contribution in [0.25, 0.3) is 11.2 Å². The molecule has 1 amide bonds. The predicted molar refractivity (Wildman–Crippen MR) is 113 cm³/mol. The van der Waals surface area contributed by atoms with Gasteiger partial charge < -0.3 is 14.4 Å². The molecule has 0 aliphatic carbocycles. The molecule has 1 aromatic carbocycles. The van der Waals surface area contributed by atoms with E-state index in [1.807, 2.05) is 43.1 Å². The zero-order chi connectivity index (χ0) is 21.1. The van der Waals surface area contributed by atoms with E-state index in [4.69, 9.17) is 9.47 Å². The molecule has 1 unspecified atom stereocenters. The number of aryl methyl sites for hydroxylation is 1. The number of fused-ring (bicyclic) bond motifs is 1. The van der Waals surface area contributed by atoms with E-state index in [9.17, 15) is 4.79 Å². The molecule has 0 bridgehead atoms. The van der Waals surface area contributed by atoms with E-state index < -0.39 is 6.10 Å². The van der Waals surface area contributed by atoms with Crippen molar-refractivity contribution in [1.82, 2.24) is 24.6 Å². The Morgan fingerprint density at radius 1 is 1.13 bits per heavy atom. The Balaban J connectivity index is 1.35. The highest BCUT2D eigenvalue weighted by atomic mass is 16.5. The smallest absolute Gasteiger partial charge is 0.263 e. The number of carbonyl (C=O) groups excluding carboxylic acids is 1. The lowest BCUT2D eigenvalue weighted by Gasteiger charge is -2.33. The van der Waals surface area contributed by atoms with Gasteiger partial charge in [0.05, 0.1) is 12.3 Å². The molecular formula is C22H27N5O3. The molecule has 3 aromatic rings. The molecule has 2 aromatic heterocycles. The summed E-state index contributed by atoms with van der Waals surface area (Å²) < 4.78 is 13.1. The molecule has 30 heavy (non-hydrogen) atoms. The first kappa shape index (κ1) is 20.1. The zero-order valence-electron chi connectivity index (χ0n) is 17.6. The van der Waals surface area contributed by atoms with Crippen molar-refractivity contribution in [3.8, 4) is 11.5 Å². The monoisotopic (exact) mass is 409 g/mol.